The van der Waals surface area contributed by atoms with Crippen molar-refractivity contribution in [1.29, 1.82) is 0 Å². The number of nitrogens with one attached hydrogen (secondary N) is 2. The molecule has 0 unspecified atom stereocenters. The van der Waals surface area contributed by atoms with Crippen LogP contribution < -0.4 is 10.6 Å². The number of anilines is 1. The molecule has 1 aliphatic heterocycles. The molecule has 3 amide bonds. The largest absolute Gasteiger partial charge is 0.350 e. The number of urea groups is 1. The van der Waals surface area contributed by atoms with Crippen LogP contribution >= 0.6 is 0 Å². The van der Waals surface area contributed by atoms with Crippen LogP contribution in [0.5, 0.6) is 0 Å². The van der Waals surface area contributed by atoms with Gasteiger partial charge in [0.05, 0.1) is 6.54 Å². The summed E-state index contributed by atoms with van der Waals surface area (Å²) < 4.78 is 0. The van der Waals surface area contributed by atoms with Crippen molar-refractivity contribution < 1.29 is 9.59 Å². The minimum Gasteiger partial charge on any atom is -0.350 e. The maximum Gasteiger partial charge on any atom is 0.321 e. The van der Waals surface area contributed by atoms with Gasteiger partial charge in [-0.15, -0.1) is 0 Å². The summed E-state index contributed by atoms with van der Waals surface area (Å²) in [5.74, 6) is 0.0321. The number of nitrogens with zero attached hydrogens (tertiary/aromatic N) is 2. The Morgan fingerprint density at radius 2 is 1.75 bits per heavy atom. The van der Waals surface area contributed by atoms with Crippen molar-refractivity contribution in [1.82, 2.24) is 15.1 Å². The number of amides is 3. The molecule has 24 heavy (non-hydrogen) atoms. The van der Waals surface area contributed by atoms with E-state index in [2.05, 4.69) is 15.5 Å². The third-order valence-corrected chi connectivity index (χ3v) is 3.78. The Kier molecular flexibility index (Phi) is 6.20. The Balaban J connectivity index is 1.81. The zero-order valence-electron chi connectivity index (χ0n) is 14.8. The molecule has 0 aliphatic carbocycles. The minimum atomic E-state index is -0.218. The summed E-state index contributed by atoms with van der Waals surface area (Å²) in [6.45, 7) is 9.17. The van der Waals surface area contributed by atoms with Gasteiger partial charge in [0, 0.05) is 37.4 Å². The van der Waals surface area contributed by atoms with Crippen LogP contribution in [0, 0.1) is 0 Å². The second kappa shape index (κ2) is 8.15. The highest BCUT2D eigenvalue weighted by molar-refractivity contribution is 5.89. The fraction of sp³-hybridized carbons (Fsp3) is 0.556. The van der Waals surface area contributed by atoms with Gasteiger partial charge in [0.15, 0.2) is 0 Å². The van der Waals surface area contributed by atoms with E-state index in [1.807, 2.05) is 56.0 Å². The summed E-state index contributed by atoms with van der Waals surface area (Å²) in [6.07, 6.45) is 0.866. The molecule has 1 fully saturated rings. The normalized spacial score (nSPS) is 16.4. The molecule has 2 N–H and O–H groups in total. The van der Waals surface area contributed by atoms with Crippen LogP contribution in [0.15, 0.2) is 30.3 Å². The van der Waals surface area contributed by atoms with Crippen molar-refractivity contribution in [2.24, 2.45) is 0 Å². The van der Waals surface area contributed by atoms with Crippen molar-refractivity contribution >= 4 is 17.6 Å². The first-order chi connectivity index (χ1) is 11.3. The zero-order valence-corrected chi connectivity index (χ0v) is 14.8. The topological polar surface area (TPSA) is 64.7 Å². The van der Waals surface area contributed by atoms with Gasteiger partial charge in [-0.1, -0.05) is 18.2 Å². The van der Waals surface area contributed by atoms with E-state index < -0.39 is 0 Å². The summed E-state index contributed by atoms with van der Waals surface area (Å²) in [7, 11) is 0. The Morgan fingerprint density at radius 1 is 1.04 bits per heavy atom. The zero-order chi connectivity index (χ0) is 17.6. The molecule has 0 bridgehead atoms. The molecule has 1 aromatic rings. The van der Waals surface area contributed by atoms with E-state index >= 15 is 0 Å². The van der Waals surface area contributed by atoms with Crippen molar-refractivity contribution in [2.45, 2.75) is 32.7 Å². The number of rotatable bonds is 3. The smallest absolute Gasteiger partial charge is 0.321 e. The van der Waals surface area contributed by atoms with E-state index in [1.165, 1.54) is 0 Å². The third-order valence-electron chi connectivity index (χ3n) is 3.78. The molecule has 6 heteroatoms. The Labute approximate surface area is 144 Å². The summed E-state index contributed by atoms with van der Waals surface area (Å²) in [6, 6.07) is 9.38. The lowest BCUT2D eigenvalue weighted by atomic mass is 10.1. The van der Waals surface area contributed by atoms with Crippen molar-refractivity contribution in [2.75, 3.05) is 38.0 Å². The van der Waals surface area contributed by atoms with E-state index in [-0.39, 0.29) is 17.5 Å². The quantitative estimate of drug-likeness (QED) is 0.891. The van der Waals surface area contributed by atoms with E-state index in [0.29, 0.717) is 26.2 Å². The highest BCUT2D eigenvalue weighted by Crippen LogP contribution is 2.09. The van der Waals surface area contributed by atoms with Gasteiger partial charge in [0.2, 0.25) is 5.91 Å². The fourth-order valence-electron chi connectivity index (χ4n) is 2.72. The molecule has 1 aliphatic rings. The number of hydrogen-bond acceptors (Lipinski definition) is 3. The molecule has 0 aromatic heterocycles. The van der Waals surface area contributed by atoms with Gasteiger partial charge in [0.25, 0.3) is 0 Å². The minimum absolute atomic E-state index is 0.0321. The van der Waals surface area contributed by atoms with Crippen LogP contribution in [-0.4, -0.2) is 60.0 Å². The molecule has 0 saturated carbocycles. The summed E-state index contributed by atoms with van der Waals surface area (Å²) in [4.78, 5) is 28.3. The van der Waals surface area contributed by atoms with Crippen LogP contribution in [0.1, 0.15) is 27.2 Å². The summed E-state index contributed by atoms with van der Waals surface area (Å²) >= 11 is 0. The third kappa shape index (κ3) is 6.20. The maximum absolute atomic E-state index is 12.4. The number of carbonyl (C=O) groups is 2. The molecule has 6 nitrogen and oxygen atoms in total. The number of para-hydroxylation sites is 1. The van der Waals surface area contributed by atoms with Gasteiger partial charge < -0.3 is 15.5 Å². The molecular weight excluding hydrogens is 304 g/mol. The molecule has 1 saturated heterocycles. The van der Waals surface area contributed by atoms with Crippen molar-refractivity contribution in [3.63, 3.8) is 0 Å². The predicted octanol–water partition coefficient (Wildman–Crippen LogP) is 2.14. The van der Waals surface area contributed by atoms with E-state index in [9.17, 15) is 9.59 Å². The Bertz CT molecular complexity index is 554. The van der Waals surface area contributed by atoms with Gasteiger partial charge in [-0.05, 0) is 39.3 Å². The molecule has 1 aromatic carbocycles. The van der Waals surface area contributed by atoms with Crippen LogP contribution in [0.25, 0.3) is 0 Å². The molecule has 2 rings (SSSR count). The van der Waals surface area contributed by atoms with Crippen LogP contribution in [0.4, 0.5) is 10.5 Å². The molecule has 132 valence electrons. The van der Waals surface area contributed by atoms with Crippen LogP contribution in [-0.2, 0) is 4.79 Å². The monoisotopic (exact) mass is 332 g/mol. The Hall–Kier alpha value is -2.08. The average molecular weight is 332 g/mol. The SMILES string of the molecule is CC(C)(C)NC(=O)CN1CCCN(C(=O)Nc2ccccc2)CC1. The predicted molar refractivity (Wildman–Crippen MR) is 96.0 cm³/mol. The highest BCUT2D eigenvalue weighted by atomic mass is 16.2. The van der Waals surface area contributed by atoms with Crippen LogP contribution in [0.2, 0.25) is 0 Å². The van der Waals surface area contributed by atoms with Gasteiger partial charge in [-0.2, -0.15) is 0 Å². The van der Waals surface area contributed by atoms with Gasteiger partial charge >= 0.3 is 6.03 Å². The highest BCUT2D eigenvalue weighted by Gasteiger charge is 2.22. The second-order valence-corrected chi connectivity index (χ2v) is 7.21. The standard InChI is InChI=1S/C18H28N4O2/c1-18(2,3)20-16(23)14-21-10-7-11-22(13-12-21)17(24)19-15-8-5-4-6-9-15/h4-6,8-9H,7,10-14H2,1-3H3,(H,19,24)(H,20,23). The number of benzene rings is 1. The number of carbonyl (C=O) groups excluding carboxylic acids is 2. The molecule has 0 spiro atoms. The van der Waals surface area contributed by atoms with Crippen molar-refractivity contribution in [3.05, 3.63) is 30.3 Å². The molecule has 1 heterocycles. The molecular formula is C18H28N4O2. The van der Waals surface area contributed by atoms with E-state index in [1.54, 1.807) is 0 Å². The van der Waals surface area contributed by atoms with Gasteiger partial charge in [0.1, 0.15) is 0 Å². The average Bonchev–Trinajstić information content (AvgIpc) is 2.72. The molecule has 0 radical (unpaired) electrons. The van der Waals surface area contributed by atoms with Gasteiger partial charge in [-0.25, -0.2) is 4.79 Å². The first-order valence-corrected chi connectivity index (χ1v) is 8.48. The molecule has 0 atom stereocenters. The van der Waals surface area contributed by atoms with Crippen LogP contribution in [0.3, 0.4) is 0 Å². The van der Waals surface area contributed by atoms with Gasteiger partial charge in [-0.3, -0.25) is 9.69 Å². The van der Waals surface area contributed by atoms with E-state index in [0.717, 1.165) is 18.7 Å². The summed E-state index contributed by atoms with van der Waals surface area (Å²) in [5.41, 5.74) is 0.581. The lowest BCUT2D eigenvalue weighted by Gasteiger charge is -2.25. The first-order valence-electron chi connectivity index (χ1n) is 8.48. The Morgan fingerprint density at radius 3 is 2.42 bits per heavy atom. The maximum atomic E-state index is 12.4. The first kappa shape index (κ1) is 18.3. The summed E-state index contributed by atoms with van der Waals surface area (Å²) in [5, 5.41) is 5.90. The second-order valence-electron chi connectivity index (χ2n) is 7.21. The fourth-order valence-corrected chi connectivity index (χ4v) is 2.72. The van der Waals surface area contributed by atoms with E-state index in [4.69, 9.17) is 0 Å². The lowest BCUT2D eigenvalue weighted by molar-refractivity contribution is -0.123. The van der Waals surface area contributed by atoms with Crippen molar-refractivity contribution in [3.8, 4) is 0 Å². The number of hydrogen-bond donors (Lipinski definition) is 2. The lowest BCUT2D eigenvalue weighted by Crippen LogP contribution is -2.46.